The molecular weight excluding hydrogens is 310 g/mol. The van der Waals surface area contributed by atoms with E-state index in [2.05, 4.69) is 10.6 Å². The van der Waals surface area contributed by atoms with Crippen molar-refractivity contribution in [1.82, 2.24) is 4.90 Å². The largest absolute Gasteiger partial charge is 0.479 e. The smallest absolute Gasteiger partial charge is 0.265 e. The van der Waals surface area contributed by atoms with Gasteiger partial charge in [-0.05, 0) is 31.9 Å². The molecule has 0 spiro atoms. The molecule has 1 aromatic rings. The summed E-state index contributed by atoms with van der Waals surface area (Å²) < 4.78 is 5.54. The minimum atomic E-state index is -0.556. The number of benzene rings is 1. The van der Waals surface area contributed by atoms with E-state index in [-0.39, 0.29) is 23.6 Å². The van der Waals surface area contributed by atoms with Crippen LogP contribution in [0.25, 0.3) is 0 Å². The van der Waals surface area contributed by atoms with Gasteiger partial charge in [0.15, 0.2) is 6.10 Å². The second-order valence-corrected chi connectivity index (χ2v) is 6.20. The minimum Gasteiger partial charge on any atom is -0.479 e. The van der Waals surface area contributed by atoms with E-state index in [1.54, 1.807) is 36.9 Å². The highest BCUT2D eigenvalue weighted by molar-refractivity contribution is 6.04. The normalized spacial score (nSPS) is 20.7. The van der Waals surface area contributed by atoms with Gasteiger partial charge in [0.25, 0.3) is 5.91 Å². The van der Waals surface area contributed by atoms with Crippen LogP contribution in [0.2, 0.25) is 0 Å². The lowest BCUT2D eigenvalue weighted by molar-refractivity contribution is -0.132. The number of rotatable bonds is 2. The Labute approximate surface area is 140 Å². The fourth-order valence-corrected chi connectivity index (χ4v) is 3.02. The second-order valence-electron chi connectivity index (χ2n) is 6.20. The lowest BCUT2D eigenvalue weighted by Crippen LogP contribution is -2.40. The van der Waals surface area contributed by atoms with Crippen LogP contribution in [-0.4, -0.2) is 41.8 Å². The summed E-state index contributed by atoms with van der Waals surface area (Å²) in [7, 11) is 0. The Balaban J connectivity index is 1.69. The molecule has 0 bridgehead atoms. The number of anilines is 2. The van der Waals surface area contributed by atoms with Crippen LogP contribution in [0, 0.1) is 5.92 Å². The summed E-state index contributed by atoms with van der Waals surface area (Å²) in [6, 6.07) is 5.27. The quantitative estimate of drug-likeness (QED) is 0.862. The Bertz CT molecular complexity index is 680. The van der Waals surface area contributed by atoms with Crippen LogP contribution in [-0.2, 0) is 14.4 Å². The highest BCUT2D eigenvalue weighted by Gasteiger charge is 2.29. The van der Waals surface area contributed by atoms with Crippen LogP contribution in [0.15, 0.2) is 18.2 Å². The van der Waals surface area contributed by atoms with Crippen molar-refractivity contribution in [2.24, 2.45) is 5.92 Å². The van der Waals surface area contributed by atoms with Crippen LogP contribution < -0.4 is 15.4 Å². The summed E-state index contributed by atoms with van der Waals surface area (Å²) in [4.78, 5) is 37.4. The molecule has 1 unspecified atom stereocenters. The predicted molar refractivity (Wildman–Crippen MR) is 88.8 cm³/mol. The number of nitrogens with zero attached hydrogens (tertiary/aromatic N) is 1. The Hall–Kier alpha value is -2.57. The molecule has 2 aliphatic heterocycles. The summed E-state index contributed by atoms with van der Waals surface area (Å²) in [6.07, 6.45) is 0.722. The Morgan fingerprint density at radius 2 is 2.00 bits per heavy atom. The number of ether oxygens (including phenoxy) is 1. The topological polar surface area (TPSA) is 87.7 Å². The standard InChI is InChI=1S/C17H21N3O4/c1-10-16(22)19-15-13(4-3-5-14(15)24-10)18-17(23)12-6-8-20(9-7-12)11(2)21/h3-5,10,12H,6-9H2,1-2H3,(H,18,23)(H,19,22). The Kier molecular flexibility index (Phi) is 4.42. The average molecular weight is 331 g/mol. The molecule has 128 valence electrons. The molecule has 7 nitrogen and oxygen atoms in total. The number of nitrogens with one attached hydrogen (secondary N) is 2. The van der Waals surface area contributed by atoms with Crippen molar-refractivity contribution in [2.45, 2.75) is 32.8 Å². The molecule has 1 atom stereocenters. The average Bonchev–Trinajstić information content (AvgIpc) is 2.56. The highest BCUT2D eigenvalue weighted by atomic mass is 16.5. The van der Waals surface area contributed by atoms with Crippen LogP contribution in [0.3, 0.4) is 0 Å². The van der Waals surface area contributed by atoms with Crippen molar-refractivity contribution in [2.75, 3.05) is 23.7 Å². The van der Waals surface area contributed by atoms with E-state index in [1.807, 2.05) is 0 Å². The third-order valence-corrected chi connectivity index (χ3v) is 4.52. The second kappa shape index (κ2) is 6.51. The molecule has 3 rings (SSSR count). The van der Waals surface area contributed by atoms with E-state index in [4.69, 9.17) is 4.74 Å². The molecule has 3 amide bonds. The summed E-state index contributed by atoms with van der Waals surface area (Å²) in [6.45, 7) is 4.40. The van der Waals surface area contributed by atoms with Gasteiger partial charge in [-0.25, -0.2) is 0 Å². The number of amides is 3. The van der Waals surface area contributed by atoms with Crippen molar-refractivity contribution in [1.29, 1.82) is 0 Å². The third-order valence-electron chi connectivity index (χ3n) is 4.52. The van der Waals surface area contributed by atoms with Crippen LogP contribution in [0.5, 0.6) is 5.75 Å². The van der Waals surface area contributed by atoms with Crippen LogP contribution in [0.4, 0.5) is 11.4 Å². The maximum atomic E-state index is 12.5. The fourth-order valence-electron chi connectivity index (χ4n) is 3.02. The van der Waals surface area contributed by atoms with Crippen LogP contribution >= 0.6 is 0 Å². The molecule has 1 fully saturated rings. The van der Waals surface area contributed by atoms with E-state index >= 15 is 0 Å². The number of para-hydroxylation sites is 1. The van der Waals surface area contributed by atoms with Gasteiger partial charge in [-0.15, -0.1) is 0 Å². The number of carbonyl (C=O) groups excluding carboxylic acids is 3. The molecule has 2 heterocycles. The van der Waals surface area contributed by atoms with Gasteiger partial charge in [0.05, 0.1) is 5.69 Å². The molecular formula is C17H21N3O4. The van der Waals surface area contributed by atoms with Gasteiger partial charge in [0.1, 0.15) is 11.4 Å². The van der Waals surface area contributed by atoms with E-state index in [0.717, 1.165) is 0 Å². The zero-order chi connectivity index (χ0) is 17.3. The monoisotopic (exact) mass is 331 g/mol. The molecule has 7 heteroatoms. The van der Waals surface area contributed by atoms with Crippen molar-refractivity contribution in [3.63, 3.8) is 0 Å². The third kappa shape index (κ3) is 3.20. The maximum absolute atomic E-state index is 12.5. The highest BCUT2D eigenvalue weighted by Crippen LogP contribution is 2.36. The van der Waals surface area contributed by atoms with Crippen molar-refractivity contribution < 1.29 is 19.1 Å². The predicted octanol–water partition coefficient (Wildman–Crippen LogP) is 1.60. The maximum Gasteiger partial charge on any atom is 0.265 e. The van der Waals surface area contributed by atoms with Crippen molar-refractivity contribution >= 4 is 29.1 Å². The lowest BCUT2D eigenvalue weighted by atomic mass is 9.95. The summed E-state index contributed by atoms with van der Waals surface area (Å²) >= 11 is 0. The first-order valence-electron chi connectivity index (χ1n) is 8.12. The zero-order valence-corrected chi connectivity index (χ0v) is 13.8. The first kappa shape index (κ1) is 16.3. The number of carbonyl (C=O) groups is 3. The van der Waals surface area contributed by atoms with E-state index in [1.165, 1.54) is 0 Å². The molecule has 1 saturated heterocycles. The summed E-state index contributed by atoms with van der Waals surface area (Å²) in [5, 5.41) is 5.66. The van der Waals surface area contributed by atoms with Gasteiger partial charge < -0.3 is 20.3 Å². The molecule has 0 saturated carbocycles. The number of piperidine rings is 1. The van der Waals surface area contributed by atoms with Crippen molar-refractivity contribution in [3.8, 4) is 5.75 Å². The van der Waals surface area contributed by atoms with Crippen LogP contribution in [0.1, 0.15) is 26.7 Å². The first-order chi connectivity index (χ1) is 11.5. The van der Waals surface area contributed by atoms with Gasteiger partial charge in [-0.2, -0.15) is 0 Å². The van der Waals surface area contributed by atoms with Gasteiger partial charge in [0, 0.05) is 25.9 Å². The number of hydrogen-bond donors (Lipinski definition) is 2. The SMILES string of the molecule is CC(=O)N1CCC(C(=O)Nc2cccc3c2NC(=O)C(C)O3)CC1. The lowest BCUT2D eigenvalue weighted by Gasteiger charge is -2.31. The molecule has 0 aromatic heterocycles. The summed E-state index contributed by atoms with van der Waals surface area (Å²) in [5.74, 6) is 0.111. The fraction of sp³-hybridized carbons (Fsp3) is 0.471. The summed E-state index contributed by atoms with van der Waals surface area (Å²) in [5.41, 5.74) is 1.03. The van der Waals surface area contributed by atoms with Gasteiger partial charge in [-0.1, -0.05) is 6.07 Å². The van der Waals surface area contributed by atoms with Gasteiger partial charge >= 0.3 is 0 Å². The first-order valence-corrected chi connectivity index (χ1v) is 8.12. The van der Waals surface area contributed by atoms with E-state index in [9.17, 15) is 14.4 Å². The number of hydrogen-bond acceptors (Lipinski definition) is 4. The van der Waals surface area contributed by atoms with E-state index < -0.39 is 6.10 Å². The molecule has 0 aliphatic carbocycles. The van der Waals surface area contributed by atoms with E-state index in [0.29, 0.717) is 43.1 Å². The zero-order valence-electron chi connectivity index (χ0n) is 13.8. The molecule has 2 aliphatic rings. The Morgan fingerprint density at radius 3 is 2.67 bits per heavy atom. The number of fused-ring (bicyclic) bond motifs is 1. The van der Waals surface area contributed by atoms with Gasteiger partial charge in [0.2, 0.25) is 11.8 Å². The number of likely N-dealkylation sites (tertiary alicyclic amines) is 1. The minimum absolute atomic E-state index is 0.0416. The molecule has 24 heavy (non-hydrogen) atoms. The van der Waals surface area contributed by atoms with Crippen molar-refractivity contribution in [3.05, 3.63) is 18.2 Å². The molecule has 0 radical (unpaired) electrons. The Morgan fingerprint density at radius 1 is 1.29 bits per heavy atom. The van der Waals surface area contributed by atoms with Gasteiger partial charge in [-0.3, -0.25) is 14.4 Å². The molecule has 2 N–H and O–H groups in total. The molecule has 1 aromatic carbocycles.